The molecule has 0 nitrogen and oxygen atoms in total. The van der Waals surface area contributed by atoms with E-state index in [2.05, 4.69) is 149 Å². The molecule has 8 heteroatoms. The van der Waals surface area contributed by atoms with Crippen molar-refractivity contribution in [1.82, 2.24) is 0 Å². The van der Waals surface area contributed by atoms with Crippen LogP contribution < -0.4 is 0 Å². The van der Waals surface area contributed by atoms with Crippen LogP contribution >= 0.6 is 0 Å². The molecular weight excluding hydrogens is 549 g/mol. The minimum atomic E-state index is -1.63. The minimum Gasteiger partial charge on any atom is -0.0915 e. The molecule has 0 aromatic rings. The Morgan fingerprint density at radius 2 is 0.714 bits per heavy atom. The topological polar surface area (TPSA) is 0 Å². The average molecular weight is 618 g/mol. The van der Waals surface area contributed by atoms with Gasteiger partial charge < -0.3 is 0 Å². The highest BCUT2D eigenvalue weighted by Gasteiger charge is 2.68. The zero-order chi connectivity index (χ0) is 28.6. The predicted octanol–water partition coefficient (Wildman–Crippen LogP) is 11.0. The van der Waals surface area contributed by atoms with E-state index < -0.39 is 61.7 Å². The van der Waals surface area contributed by atoms with Crippen LogP contribution in [-0.4, -0.2) is 61.7 Å². The summed E-state index contributed by atoms with van der Waals surface area (Å²) in [5.41, 5.74) is 3.81. The van der Waals surface area contributed by atoms with Gasteiger partial charge in [0.2, 0.25) is 0 Å². The molecule has 0 saturated carbocycles. The zero-order valence-electron chi connectivity index (χ0n) is 28.4. The van der Waals surface area contributed by atoms with Crippen molar-refractivity contribution in [3.63, 3.8) is 0 Å². The lowest BCUT2D eigenvalue weighted by atomic mass is 10.0. The molecule has 1 aliphatic carbocycles. The van der Waals surface area contributed by atoms with E-state index in [1.165, 1.54) is 0 Å². The molecule has 0 amide bonds. The van der Waals surface area contributed by atoms with Crippen LogP contribution in [0.15, 0.2) is 11.3 Å². The molecule has 0 heterocycles. The third-order valence-corrected chi connectivity index (χ3v) is 92.8. The van der Waals surface area contributed by atoms with Crippen molar-refractivity contribution in [3.05, 3.63) is 11.3 Å². The Morgan fingerprint density at radius 3 is 0.914 bits per heavy atom. The molecule has 0 bridgehead atoms. The van der Waals surface area contributed by atoms with Crippen LogP contribution in [0.3, 0.4) is 0 Å². The highest BCUT2D eigenvalue weighted by Crippen LogP contribution is 2.67. The number of allylic oxidation sites excluding steroid dienone is 2. The second-order valence-electron chi connectivity index (χ2n) is 19.6. The smallest absolute Gasteiger partial charge is 0.0632 e. The van der Waals surface area contributed by atoms with Crippen molar-refractivity contribution in [3.8, 4) is 0 Å². The van der Waals surface area contributed by atoms with E-state index in [-0.39, 0.29) is 0 Å². The quantitative estimate of drug-likeness (QED) is 0.238. The van der Waals surface area contributed by atoms with Crippen LogP contribution in [0, 0.1) is 0 Å². The van der Waals surface area contributed by atoms with Crippen molar-refractivity contribution in [2.75, 3.05) is 0 Å². The molecule has 0 aromatic carbocycles. The van der Waals surface area contributed by atoms with Gasteiger partial charge in [-0.15, -0.1) is 0 Å². The Kier molecular flexibility index (Phi) is 9.70. The van der Waals surface area contributed by atoms with Crippen molar-refractivity contribution >= 4 is 61.7 Å². The molecule has 4 atom stereocenters. The molecule has 0 N–H and O–H groups in total. The monoisotopic (exact) mass is 616 g/mol. The van der Waals surface area contributed by atoms with Gasteiger partial charge >= 0.3 is 0 Å². The van der Waals surface area contributed by atoms with E-state index in [4.69, 9.17) is 0 Å². The van der Waals surface area contributed by atoms with E-state index in [9.17, 15) is 0 Å². The van der Waals surface area contributed by atoms with E-state index in [0.29, 0.717) is 0 Å². The number of rotatable bonds is 8. The summed E-state index contributed by atoms with van der Waals surface area (Å²) in [7, 11) is -9.78. The lowest BCUT2D eigenvalue weighted by Gasteiger charge is -2.66. The van der Waals surface area contributed by atoms with Crippen molar-refractivity contribution in [2.45, 2.75) is 160 Å². The Bertz CT molecular complexity index is 744. The second-order valence-corrected chi connectivity index (χ2v) is 81.5. The lowest BCUT2D eigenvalue weighted by molar-refractivity contribution is 0.643. The fraction of sp³-hybridized carbons (Fsp3) is 0.926. The summed E-state index contributed by atoms with van der Waals surface area (Å²) >= 11 is 0. The summed E-state index contributed by atoms with van der Waals surface area (Å²) < 4.78 is 0. The van der Waals surface area contributed by atoms with Gasteiger partial charge in [-0.2, -0.15) is 0 Å². The summed E-state index contributed by atoms with van der Waals surface area (Å²) in [6, 6.07) is 0. The van der Waals surface area contributed by atoms with Crippen LogP contribution in [0.2, 0.25) is 160 Å². The first kappa shape index (κ1) is 34.5. The van der Waals surface area contributed by atoms with Gasteiger partial charge in [0, 0.05) is 38.9 Å². The van der Waals surface area contributed by atoms with Crippen LogP contribution in [0.4, 0.5) is 0 Å². The van der Waals surface area contributed by atoms with Gasteiger partial charge in [-0.05, 0) is 22.2 Å². The number of hydrogen-bond donors (Lipinski definition) is 0. The third kappa shape index (κ3) is 6.46. The SMILES string of the molecule is C[Si](C)(C)[C@@H]1[C@H]([Si](C)(C)C)[C@@H]([Si](C)(C)C)C([Si]([Si](C)(C)C)([Si](C)(C)C)[Si](C)(C)C)=C[C@H]1[Si](C)(C)C. The molecule has 208 valence electrons. The van der Waals surface area contributed by atoms with Crippen LogP contribution in [0.5, 0.6) is 0 Å². The van der Waals surface area contributed by atoms with Gasteiger partial charge in [0.15, 0.2) is 0 Å². The maximum atomic E-state index is 3.19. The Hall–Kier alpha value is 1.48. The zero-order valence-corrected chi connectivity index (χ0v) is 36.4. The maximum Gasteiger partial charge on any atom is 0.0632 e. The molecule has 0 radical (unpaired) electrons. The third-order valence-electron chi connectivity index (χ3n) is 9.57. The molecule has 0 aliphatic heterocycles. The van der Waals surface area contributed by atoms with Gasteiger partial charge in [0.25, 0.3) is 0 Å². The first-order chi connectivity index (χ1) is 14.8. The van der Waals surface area contributed by atoms with Crippen LogP contribution in [0.25, 0.3) is 0 Å². The van der Waals surface area contributed by atoms with Crippen molar-refractivity contribution in [2.24, 2.45) is 0 Å². The van der Waals surface area contributed by atoms with Gasteiger partial charge in [0.1, 0.15) is 0 Å². The average Bonchev–Trinajstić information content (AvgIpc) is 2.45. The van der Waals surface area contributed by atoms with E-state index >= 15 is 0 Å². The fourth-order valence-corrected chi connectivity index (χ4v) is 133. The van der Waals surface area contributed by atoms with E-state index in [0.717, 1.165) is 22.2 Å². The summed E-state index contributed by atoms with van der Waals surface area (Å²) in [6.45, 7) is 57.1. The second kappa shape index (κ2) is 9.84. The van der Waals surface area contributed by atoms with Gasteiger partial charge in [0.05, 0.1) is 22.8 Å². The molecule has 1 rings (SSSR count). The molecule has 0 aromatic heterocycles. The predicted molar refractivity (Wildman–Crippen MR) is 192 cm³/mol. The molecule has 1 aliphatic rings. The lowest BCUT2D eigenvalue weighted by Crippen LogP contribution is -2.85. The highest BCUT2D eigenvalue weighted by molar-refractivity contribution is 7.91. The summed E-state index contributed by atoms with van der Waals surface area (Å²) in [5.74, 6) is 0. The Balaban J connectivity index is 4.56. The molecule has 0 saturated heterocycles. The normalized spacial score (nSPS) is 26.6. The van der Waals surface area contributed by atoms with Crippen molar-refractivity contribution in [1.29, 1.82) is 0 Å². The summed E-state index contributed by atoms with van der Waals surface area (Å²) in [6.07, 6.45) is 3.19. The van der Waals surface area contributed by atoms with Crippen LogP contribution in [-0.2, 0) is 0 Å². The summed E-state index contributed by atoms with van der Waals surface area (Å²) in [5, 5.41) is 2.24. The molecule has 0 fully saturated rings. The van der Waals surface area contributed by atoms with Crippen molar-refractivity contribution < 1.29 is 0 Å². The standard InChI is InChI=1S/C27H68Si8/c1-28(2,3)23-22-24(35(32(13,14)15,33(16,17)18)34(19,20)21)26(30(7,8)9)27(31(10,11)12)25(23)29(4,5)6/h22-23,25-27H,1-21H3/t23-,25+,26+,27+/m1/s1. The minimum absolute atomic E-state index is 0.893. The first-order valence-electron chi connectivity index (χ1n) is 14.6. The Morgan fingerprint density at radius 1 is 0.400 bits per heavy atom. The maximum absolute atomic E-state index is 3.19. The van der Waals surface area contributed by atoms with Gasteiger partial charge in [-0.1, -0.05) is 149 Å². The van der Waals surface area contributed by atoms with Gasteiger partial charge in [-0.25, -0.2) is 0 Å². The van der Waals surface area contributed by atoms with E-state index in [1.54, 1.807) is 0 Å². The Labute approximate surface area is 231 Å². The van der Waals surface area contributed by atoms with E-state index in [1.807, 2.05) is 0 Å². The molecule has 35 heavy (non-hydrogen) atoms. The summed E-state index contributed by atoms with van der Waals surface area (Å²) in [4.78, 5) is 0. The fourth-order valence-electron chi connectivity index (χ4n) is 9.97. The number of hydrogen-bond acceptors (Lipinski definition) is 0. The van der Waals surface area contributed by atoms with Gasteiger partial charge in [-0.3, -0.25) is 0 Å². The van der Waals surface area contributed by atoms with Crippen LogP contribution in [0.1, 0.15) is 0 Å². The highest BCUT2D eigenvalue weighted by atomic mass is 29.9. The molecule has 0 spiro atoms. The first-order valence-corrected chi connectivity index (χ1v) is 44.4. The largest absolute Gasteiger partial charge is 0.0915 e. The molecule has 0 unspecified atom stereocenters. The molecular formula is C27H68Si8.